The van der Waals surface area contributed by atoms with Gasteiger partial charge in [0.25, 0.3) is 11.8 Å². The van der Waals surface area contributed by atoms with Crippen molar-refractivity contribution in [3.63, 3.8) is 0 Å². The van der Waals surface area contributed by atoms with E-state index in [1.807, 2.05) is 54.6 Å². The van der Waals surface area contributed by atoms with E-state index in [0.29, 0.717) is 17.0 Å². The second-order valence-electron chi connectivity index (χ2n) is 7.79. The SMILES string of the molecule is CN(C)C(=O)c1ccc(-c2ccc3cc(C(=O)NCC4CNC4)ccc3c2)cc1. The standard InChI is InChI=1S/C24H25N3O2/c1-27(2)24(29)18-5-3-17(4-6-18)19-7-8-21-12-22(10-9-20(21)11-19)23(28)26-15-16-13-25-14-16/h3-12,16,25H,13-15H2,1-2H3,(H,26,28). The molecule has 5 nitrogen and oxygen atoms in total. The highest BCUT2D eigenvalue weighted by molar-refractivity contribution is 5.99. The van der Waals surface area contributed by atoms with Gasteiger partial charge in [-0.05, 0) is 52.2 Å². The lowest BCUT2D eigenvalue weighted by molar-refractivity contribution is 0.0827. The average molecular weight is 387 g/mol. The van der Waals surface area contributed by atoms with Crippen LogP contribution in [0, 0.1) is 5.92 Å². The molecule has 0 spiro atoms. The van der Waals surface area contributed by atoms with E-state index in [9.17, 15) is 9.59 Å². The summed E-state index contributed by atoms with van der Waals surface area (Å²) in [5.41, 5.74) is 3.49. The molecule has 1 fully saturated rings. The molecule has 1 heterocycles. The summed E-state index contributed by atoms with van der Waals surface area (Å²) in [6, 6.07) is 19.6. The largest absolute Gasteiger partial charge is 0.352 e. The summed E-state index contributed by atoms with van der Waals surface area (Å²) in [5, 5.41) is 8.34. The molecule has 1 aliphatic rings. The van der Waals surface area contributed by atoms with Gasteiger partial charge in [0.15, 0.2) is 0 Å². The Hall–Kier alpha value is -3.18. The van der Waals surface area contributed by atoms with Crippen molar-refractivity contribution in [1.82, 2.24) is 15.5 Å². The summed E-state index contributed by atoms with van der Waals surface area (Å²) in [6.45, 7) is 2.67. The van der Waals surface area contributed by atoms with Crippen molar-refractivity contribution < 1.29 is 9.59 Å². The molecule has 4 rings (SSSR count). The van der Waals surface area contributed by atoms with Gasteiger partial charge >= 0.3 is 0 Å². The van der Waals surface area contributed by atoms with Gasteiger partial charge in [-0.3, -0.25) is 9.59 Å². The molecule has 0 aliphatic carbocycles. The highest BCUT2D eigenvalue weighted by atomic mass is 16.2. The Balaban J connectivity index is 1.52. The summed E-state index contributed by atoms with van der Waals surface area (Å²) >= 11 is 0. The van der Waals surface area contributed by atoms with Gasteiger partial charge in [-0.25, -0.2) is 0 Å². The number of hydrogen-bond acceptors (Lipinski definition) is 3. The maximum atomic E-state index is 12.4. The van der Waals surface area contributed by atoms with Crippen LogP contribution in [-0.2, 0) is 0 Å². The van der Waals surface area contributed by atoms with Crippen LogP contribution in [-0.4, -0.2) is 50.4 Å². The summed E-state index contributed by atoms with van der Waals surface area (Å²) in [4.78, 5) is 26.0. The minimum absolute atomic E-state index is 0.00515. The number of carbonyl (C=O) groups is 2. The molecule has 2 N–H and O–H groups in total. The number of benzene rings is 3. The molecule has 0 saturated carbocycles. The van der Waals surface area contributed by atoms with E-state index in [2.05, 4.69) is 16.7 Å². The van der Waals surface area contributed by atoms with Gasteiger partial charge in [0.05, 0.1) is 0 Å². The Kier molecular flexibility index (Phi) is 5.32. The number of fused-ring (bicyclic) bond motifs is 1. The van der Waals surface area contributed by atoms with Gasteiger partial charge in [-0.2, -0.15) is 0 Å². The predicted molar refractivity (Wildman–Crippen MR) is 116 cm³/mol. The van der Waals surface area contributed by atoms with Crippen LogP contribution >= 0.6 is 0 Å². The number of amides is 2. The van der Waals surface area contributed by atoms with Crippen LogP contribution in [0.2, 0.25) is 0 Å². The Labute approximate surface area is 170 Å². The van der Waals surface area contributed by atoms with E-state index in [1.54, 1.807) is 19.0 Å². The third kappa shape index (κ3) is 4.15. The fraction of sp³-hybridized carbons (Fsp3) is 0.250. The quantitative estimate of drug-likeness (QED) is 0.707. The maximum Gasteiger partial charge on any atom is 0.253 e. The van der Waals surface area contributed by atoms with Crippen molar-refractivity contribution in [2.24, 2.45) is 5.92 Å². The molecule has 2 amide bonds. The van der Waals surface area contributed by atoms with E-state index >= 15 is 0 Å². The van der Waals surface area contributed by atoms with Gasteiger partial charge in [0, 0.05) is 50.8 Å². The molecule has 3 aromatic rings. The van der Waals surface area contributed by atoms with Gasteiger partial charge in [0.2, 0.25) is 0 Å². The third-order valence-electron chi connectivity index (χ3n) is 5.39. The maximum absolute atomic E-state index is 12.4. The van der Waals surface area contributed by atoms with Crippen molar-refractivity contribution in [2.45, 2.75) is 0 Å². The van der Waals surface area contributed by atoms with Crippen molar-refractivity contribution in [2.75, 3.05) is 33.7 Å². The lowest BCUT2D eigenvalue weighted by atomic mass is 9.98. The molecule has 1 saturated heterocycles. The Morgan fingerprint density at radius 1 is 0.897 bits per heavy atom. The number of carbonyl (C=O) groups excluding carboxylic acids is 2. The van der Waals surface area contributed by atoms with E-state index in [4.69, 9.17) is 0 Å². The molecule has 0 unspecified atom stereocenters. The topological polar surface area (TPSA) is 61.4 Å². The van der Waals surface area contributed by atoms with Gasteiger partial charge in [-0.1, -0.05) is 30.3 Å². The van der Waals surface area contributed by atoms with Crippen molar-refractivity contribution in [3.8, 4) is 11.1 Å². The van der Waals surface area contributed by atoms with Crippen LogP contribution in [0.25, 0.3) is 21.9 Å². The van der Waals surface area contributed by atoms with Crippen LogP contribution in [0.15, 0.2) is 60.7 Å². The van der Waals surface area contributed by atoms with Crippen LogP contribution in [0.3, 0.4) is 0 Å². The van der Waals surface area contributed by atoms with Crippen molar-refractivity contribution in [3.05, 3.63) is 71.8 Å². The minimum Gasteiger partial charge on any atom is -0.352 e. The first-order valence-corrected chi connectivity index (χ1v) is 9.86. The molecule has 0 aromatic heterocycles. The number of nitrogens with one attached hydrogen (secondary N) is 2. The highest BCUT2D eigenvalue weighted by Gasteiger charge is 2.17. The van der Waals surface area contributed by atoms with Gasteiger partial charge in [-0.15, -0.1) is 0 Å². The predicted octanol–water partition coefficient (Wildman–Crippen LogP) is 3.16. The number of hydrogen-bond donors (Lipinski definition) is 2. The smallest absolute Gasteiger partial charge is 0.253 e. The van der Waals surface area contributed by atoms with Crippen LogP contribution in [0.4, 0.5) is 0 Å². The first-order valence-electron chi connectivity index (χ1n) is 9.86. The molecule has 5 heteroatoms. The van der Waals surface area contributed by atoms with E-state index in [0.717, 1.165) is 41.5 Å². The average Bonchev–Trinajstić information content (AvgIpc) is 2.71. The van der Waals surface area contributed by atoms with Gasteiger partial charge < -0.3 is 15.5 Å². The van der Waals surface area contributed by atoms with Gasteiger partial charge in [0.1, 0.15) is 0 Å². The summed E-state index contributed by atoms with van der Waals surface area (Å²) in [7, 11) is 3.50. The molecule has 0 radical (unpaired) electrons. The number of rotatable bonds is 5. The second kappa shape index (κ2) is 8.05. The fourth-order valence-corrected chi connectivity index (χ4v) is 3.46. The van der Waals surface area contributed by atoms with Crippen LogP contribution in [0.5, 0.6) is 0 Å². The first-order chi connectivity index (χ1) is 14.0. The molecule has 0 atom stereocenters. The third-order valence-corrected chi connectivity index (χ3v) is 5.39. The minimum atomic E-state index is -0.0241. The Bertz CT molecular complexity index is 1050. The molecule has 1 aliphatic heterocycles. The molecule has 148 valence electrons. The Morgan fingerprint density at radius 2 is 1.52 bits per heavy atom. The Morgan fingerprint density at radius 3 is 2.17 bits per heavy atom. The van der Waals surface area contributed by atoms with Crippen molar-refractivity contribution >= 4 is 22.6 Å². The zero-order chi connectivity index (χ0) is 20.4. The van der Waals surface area contributed by atoms with Crippen molar-refractivity contribution in [1.29, 1.82) is 0 Å². The molecular weight excluding hydrogens is 362 g/mol. The summed E-state index contributed by atoms with van der Waals surface area (Å²) in [6.07, 6.45) is 0. The van der Waals surface area contributed by atoms with Crippen LogP contribution < -0.4 is 10.6 Å². The van der Waals surface area contributed by atoms with E-state index in [-0.39, 0.29) is 11.8 Å². The lowest BCUT2D eigenvalue weighted by Crippen LogP contribution is -2.48. The number of nitrogens with zero attached hydrogens (tertiary/aromatic N) is 1. The zero-order valence-electron chi connectivity index (χ0n) is 16.7. The van der Waals surface area contributed by atoms with E-state index < -0.39 is 0 Å². The van der Waals surface area contributed by atoms with E-state index in [1.165, 1.54) is 0 Å². The summed E-state index contributed by atoms with van der Waals surface area (Å²) in [5.74, 6) is 0.514. The normalized spacial score (nSPS) is 13.7. The summed E-state index contributed by atoms with van der Waals surface area (Å²) < 4.78 is 0. The van der Waals surface area contributed by atoms with Crippen LogP contribution in [0.1, 0.15) is 20.7 Å². The molecule has 0 bridgehead atoms. The highest BCUT2D eigenvalue weighted by Crippen LogP contribution is 2.26. The lowest BCUT2D eigenvalue weighted by Gasteiger charge is -2.27. The molecule has 29 heavy (non-hydrogen) atoms. The first kappa shape index (κ1) is 19.2. The molecular formula is C24H25N3O2. The second-order valence-corrected chi connectivity index (χ2v) is 7.79. The molecule has 3 aromatic carbocycles. The fourth-order valence-electron chi connectivity index (χ4n) is 3.46. The zero-order valence-corrected chi connectivity index (χ0v) is 16.7. The monoisotopic (exact) mass is 387 g/mol.